The first kappa shape index (κ1) is 15.9. The van der Waals surface area contributed by atoms with E-state index in [1.165, 1.54) is 0 Å². The van der Waals surface area contributed by atoms with E-state index in [9.17, 15) is 4.79 Å². The van der Waals surface area contributed by atoms with Crippen LogP contribution >= 0.6 is 0 Å². The van der Waals surface area contributed by atoms with Crippen molar-refractivity contribution >= 4 is 5.91 Å². The second-order valence-corrected chi connectivity index (χ2v) is 4.45. The van der Waals surface area contributed by atoms with Gasteiger partial charge in [-0.3, -0.25) is 4.79 Å². The van der Waals surface area contributed by atoms with Crippen LogP contribution in [0.25, 0.3) is 0 Å². The number of amides is 1. The molecule has 0 N–H and O–H groups in total. The molecule has 0 saturated heterocycles. The van der Waals surface area contributed by atoms with Gasteiger partial charge in [-0.05, 0) is 40.5 Å². The van der Waals surface area contributed by atoms with E-state index in [0.717, 1.165) is 12.8 Å². The smallest absolute Gasteiger partial charge is 0.226 e. The minimum absolute atomic E-state index is 0. The molecule has 2 nitrogen and oxygen atoms in total. The Morgan fingerprint density at radius 3 is 1.53 bits per heavy atom. The number of carbonyl (C=O) groups excluding carboxylic acids is 1. The summed E-state index contributed by atoms with van der Waals surface area (Å²) in [5, 5.41) is 0. The maximum atomic E-state index is 12.1. The molecule has 15 heavy (non-hydrogen) atoms. The molecule has 0 rings (SSSR count). The molecule has 0 aliphatic carbocycles. The van der Waals surface area contributed by atoms with Gasteiger partial charge in [-0.2, -0.15) is 0 Å². The van der Waals surface area contributed by atoms with Gasteiger partial charge in [0.2, 0.25) is 5.91 Å². The summed E-state index contributed by atoms with van der Waals surface area (Å²) in [6.45, 7) is 12.5. The van der Waals surface area contributed by atoms with Crippen LogP contribution in [0, 0.1) is 5.92 Å². The van der Waals surface area contributed by atoms with Gasteiger partial charge in [-0.1, -0.05) is 13.8 Å². The summed E-state index contributed by atoms with van der Waals surface area (Å²) in [6, 6.07) is 0.617. The van der Waals surface area contributed by atoms with E-state index in [4.69, 9.17) is 0 Å². The van der Waals surface area contributed by atoms with Crippen molar-refractivity contribution in [1.82, 2.24) is 4.90 Å². The van der Waals surface area contributed by atoms with Crippen molar-refractivity contribution in [3.63, 3.8) is 0 Å². The molecule has 0 unspecified atom stereocenters. The van der Waals surface area contributed by atoms with Crippen molar-refractivity contribution in [2.24, 2.45) is 5.92 Å². The fourth-order valence-corrected chi connectivity index (χ4v) is 1.95. The van der Waals surface area contributed by atoms with Crippen molar-refractivity contribution in [3.05, 3.63) is 0 Å². The van der Waals surface area contributed by atoms with E-state index in [-0.39, 0.29) is 5.92 Å². The summed E-state index contributed by atoms with van der Waals surface area (Å²) in [7, 11) is 0. The fraction of sp³-hybridized carbons (Fsp3) is 0.917. The molecule has 1 amide bonds. The molecule has 0 aromatic rings. The van der Waals surface area contributed by atoms with Gasteiger partial charge >= 0.3 is 0 Å². The Bertz CT molecular complexity index is 168. The fourth-order valence-electron chi connectivity index (χ4n) is 1.95. The summed E-state index contributed by atoms with van der Waals surface area (Å²) in [6.07, 6.45) is 1.90. The summed E-state index contributed by atoms with van der Waals surface area (Å²) in [5.74, 6) is 0.528. The first-order valence-electron chi connectivity index (χ1n) is 5.77. The molecule has 0 aromatic heterocycles. The van der Waals surface area contributed by atoms with Crippen LogP contribution in [0.5, 0.6) is 0 Å². The Morgan fingerprint density at radius 2 is 1.33 bits per heavy atom. The molecule has 0 radical (unpaired) electrons. The van der Waals surface area contributed by atoms with E-state index in [1.54, 1.807) is 0 Å². The van der Waals surface area contributed by atoms with Gasteiger partial charge in [0, 0.05) is 18.0 Å². The van der Waals surface area contributed by atoms with Gasteiger partial charge < -0.3 is 4.90 Å². The van der Waals surface area contributed by atoms with Crippen molar-refractivity contribution < 1.29 is 4.79 Å². The minimum atomic E-state index is 0. The third kappa shape index (κ3) is 4.01. The van der Waals surface area contributed by atoms with Gasteiger partial charge in [0.1, 0.15) is 0 Å². The topological polar surface area (TPSA) is 20.3 Å². The third-order valence-electron chi connectivity index (χ3n) is 2.70. The predicted octanol–water partition coefficient (Wildman–Crippen LogP) is 3.07. The maximum absolute atomic E-state index is 12.1. The zero-order valence-electron chi connectivity index (χ0n) is 10.8. The van der Waals surface area contributed by atoms with Crippen LogP contribution < -0.4 is 0 Å². The average Bonchev–Trinajstić information content (AvgIpc) is 2.04. The molecule has 0 bridgehead atoms. The van der Waals surface area contributed by atoms with Gasteiger partial charge in [0.15, 0.2) is 0 Å². The van der Waals surface area contributed by atoms with Crippen LogP contribution in [0.1, 0.15) is 54.4 Å². The first-order chi connectivity index (χ1) is 6.45. The van der Waals surface area contributed by atoms with E-state index in [2.05, 4.69) is 41.5 Å². The second kappa shape index (κ2) is 6.86. The number of carbonyl (C=O) groups is 1. The average molecular weight is 450 g/mol. The predicted molar refractivity (Wildman–Crippen MR) is 61.2 cm³/mol. The summed E-state index contributed by atoms with van der Waals surface area (Å²) in [5.41, 5.74) is 0. The van der Waals surface area contributed by atoms with Crippen LogP contribution in [-0.2, 0) is 4.79 Å². The Hall–Kier alpha value is -1.53. The Labute approximate surface area is 88.7 Å². The summed E-state index contributed by atoms with van der Waals surface area (Å²) >= 11 is 0. The van der Waals surface area contributed by atoms with Crippen LogP contribution in [-0.4, -0.2) is 22.9 Å². The normalized spacial score (nSPS) is 10.7. The Morgan fingerprint density at radius 1 is 1.00 bits per heavy atom. The van der Waals surface area contributed by atoms with E-state index >= 15 is 0 Å². The van der Waals surface area contributed by atoms with Crippen molar-refractivity contribution in [3.8, 4) is 0 Å². The molecule has 0 saturated carbocycles. The molecule has 0 spiro atoms. The minimum Gasteiger partial charge on any atom is -0.338 e. The van der Waals surface area contributed by atoms with Crippen molar-refractivity contribution in [2.75, 3.05) is 0 Å². The van der Waals surface area contributed by atoms with Gasteiger partial charge in [-0.25, -0.2) is 0 Å². The standard InChI is InChI=1S/C12H25NO.Cf/c1-7-11(8-2)12(14)13(9(3)4)10(5)6;/h9-11H,7-8H2,1-6H3;. The molecular weight excluding hydrogens is 425 g/mol. The van der Waals surface area contributed by atoms with Crippen LogP contribution in [0.15, 0.2) is 0 Å². The maximum Gasteiger partial charge on any atom is 0.226 e. The molecule has 94 valence electrons. The summed E-state index contributed by atoms with van der Waals surface area (Å²) < 4.78 is 0. The van der Waals surface area contributed by atoms with Crippen LogP contribution in [0.2, 0.25) is 0 Å². The molecule has 0 fully saturated rings. The summed E-state index contributed by atoms with van der Waals surface area (Å²) in [4.78, 5) is 14.1. The number of hydrogen-bond donors (Lipinski definition) is 0. The van der Waals surface area contributed by atoms with Gasteiger partial charge in [0.25, 0.3) is 0 Å². The van der Waals surface area contributed by atoms with Crippen molar-refractivity contribution in [2.45, 2.75) is 66.5 Å². The van der Waals surface area contributed by atoms with Crippen LogP contribution in [0.4, 0.5) is 0 Å². The molecule has 0 aromatic carbocycles. The molecule has 0 heterocycles. The van der Waals surface area contributed by atoms with E-state index < -0.39 is 0 Å². The zero-order valence-corrected chi connectivity index (χ0v) is 13.5. The molecule has 3 heteroatoms. The van der Waals surface area contributed by atoms with Gasteiger partial charge in [-0.15, -0.1) is 0 Å². The number of hydrogen-bond acceptors (Lipinski definition) is 1. The SMILES string of the molecule is CCC(CC)C(=O)N(C(C)C)C(C)C.[Cf]. The molecule has 0 aliphatic heterocycles. The Balaban J connectivity index is 0. The van der Waals surface area contributed by atoms with Crippen molar-refractivity contribution in [1.29, 1.82) is 0 Å². The van der Waals surface area contributed by atoms with Crippen LogP contribution in [0.3, 0.4) is 0 Å². The molecule has 0 atom stereocenters. The zero-order chi connectivity index (χ0) is 11.3. The first-order valence-corrected chi connectivity index (χ1v) is 5.77. The quantitative estimate of drug-likeness (QED) is 0.631. The second-order valence-electron chi connectivity index (χ2n) is 4.45. The monoisotopic (exact) mass is 448 g/mol. The van der Waals surface area contributed by atoms with Gasteiger partial charge in [0.05, 0.1) is 0 Å². The van der Waals surface area contributed by atoms with E-state index in [0.29, 0.717) is 18.0 Å². The third-order valence-corrected chi connectivity index (χ3v) is 2.70. The Kier molecular flexibility index (Phi) is 7.28. The number of rotatable bonds is 5. The molecule has 0 aliphatic rings. The van der Waals surface area contributed by atoms with E-state index in [1.807, 2.05) is 4.90 Å². The molecular formula is C12H25CfNO. The number of nitrogens with zero attached hydrogens (tertiary/aromatic N) is 1. The largest absolute Gasteiger partial charge is 0.338 e.